The molecule has 2 atom stereocenters. The quantitative estimate of drug-likeness (QED) is 0.464. The minimum atomic E-state index is 0. The van der Waals surface area contributed by atoms with Crippen LogP contribution in [0.2, 0.25) is 0 Å². The molecule has 0 N–H and O–H groups in total. The molecule has 5 heavy (non-hydrogen) atoms. The van der Waals surface area contributed by atoms with Gasteiger partial charge in [-0.15, -0.1) is 0 Å². The molecule has 0 aliphatic carbocycles. The second kappa shape index (κ2) is 73.3. The fourth-order valence-corrected chi connectivity index (χ4v) is 0. The van der Waals surface area contributed by atoms with Crippen LogP contribution in [0.4, 0.5) is 0 Å². The summed E-state index contributed by atoms with van der Waals surface area (Å²) >= 11 is 0. The first-order valence-corrected chi connectivity index (χ1v) is 1.41. The van der Waals surface area contributed by atoms with Crippen LogP contribution in [0.15, 0.2) is 0 Å². The Morgan fingerprint density at radius 2 is 1.00 bits per heavy atom. The minimum Gasteiger partial charge on any atom is -1.00 e. The van der Waals surface area contributed by atoms with Crippen molar-refractivity contribution in [2.24, 2.45) is 0 Å². The van der Waals surface area contributed by atoms with E-state index in [-0.39, 0.29) is 27.3 Å². The topological polar surface area (TPSA) is 34.1 Å². The van der Waals surface area contributed by atoms with Crippen LogP contribution in [-0.4, -0.2) is 0 Å². The molecule has 0 aromatic carbocycles. The Bertz CT molecular complexity index is 13.5. The third-order valence-corrected chi connectivity index (χ3v) is 0. The summed E-state index contributed by atoms with van der Waals surface area (Å²) in [5.74, 6) is 0. The van der Waals surface area contributed by atoms with Crippen LogP contribution < -0.4 is 0 Å². The Kier molecular flexibility index (Phi) is 243. The van der Waals surface area contributed by atoms with E-state index >= 15 is 0 Å². The number of hydrogen-bond acceptors (Lipinski definition) is 2. The van der Waals surface area contributed by atoms with E-state index in [0.29, 0.717) is 0 Å². The zero-order valence-corrected chi connectivity index (χ0v) is 6.66. The Hall–Kier alpha value is 1.07. The van der Waals surface area contributed by atoms with Crippen LogP contribution in [0, 0.1) is 0 Å². The standard InChI is InChI=1S/2H2OP.Sc.H/c2*1-2;;/h2*2H2;;/q2*+1;;-1. The Balaban J connectivity index is -0.00000000500. The third-order valence-electron chi connectivity index (χ3n) is 0. The van der Waals surface area contributed by atoms with Gasteiger partial charge >= 0.3 is 18.2 Å². The van der Waals surface area contributed by atoms with Gasteiger partial charge in [0.1, 0.15) is 0 Å². The predicted molar refractivity (Wildman–Crippen MR) is 21.9 cm³/mol. The van der Waals surface area contributed by atoms with Crippen LogP contribution in [0.1, 0.15) is 1.43 Å². The van der Waals surface area contributed by atoms with Crippen molar-refractivity contribution in [1.82, 2.24) is 0 Å². The van der Waals surface area contributed by atoms with Gasteiger partial charge in [-0.1, -0.05) is 9.13 Å². The summed E-state index contributed by atoms with van der Waals surface area (Å²) < 4.78 is 16.3. The van der Waals surface area contributed by atoms with Crippen molar-refractivity contribution in [2.45, 2.75) is 0 Å². The van der Waals surface area contributed by atoms with Gasteiger partial charge in [-0.2, -0.15) is 0 Å². The molecule has 2 unspecified atom stereocenters. The molecule has 0 aliphatic rings. The Morgan fingerprint density at radius 3 is 1.00 bits per heavy atom. The van der Waals surface area contributed by atoms with Crippen molar-refractivity contribution in [2.75, 3.05) is 0 Å². The first-order valence-electron chi connectivity index (χ1n) is 0.471. The van der Waals surface area contributed by atoms with E-state index in [0.717, 1.165) is 0 Å². The summed E-state index contributed by atoms with van der Waals surface area (Å²) in [6.45, 7) is 0. The van der Waals surface area contributed by atoms with Crippen LogP contribution in [0.5, 0.6) is 0 Å². The average molecular weight is 144 g/mol. The van der Waals surface area contributed by atoms with Crippen molar-refractivity contribution in [3.05, 3.63) is 0 Å². The van der Waals surface area contributed by atoms with Crippen LogP contribution in [0.3, 0.4) is 0 Å². The molecule has 0 aromatic rings. The summed E-state index contributed by atoms with van der Waals surface area (Å²) in [4.78, 5) is 0. The Morgan fingerprint density at radius 1 is 1.00 bits per heavy atom. The monoisotopic (exact) mass is 144 g/mol. The molecule has 0 saturated carbocycles. The average Bonchev–Trinajstić information content (AvgIpc) is 1.50. The maximum Gasteiger partial charge on any atom is 0.310 e. The van der Waals surface area contributed by atoms with Gasteiger partial charge in [0.2, 0.25) is 0 Å². The van der Waals surface area contributed by atoms with E-state index in [2.05, 4.69) is 0 Å². The molecule has 29 valence electrons. The van der Waals surface area contributed by atoms with Gasteiger partial charge in [-0.05, 0) is 0 Å². The zero-order chi connectivity index (χ0) is 4.00. The van der Waals surface area contributed by atoms with E-state index in [1.807, 2.05) is 0 Å². The first-order chi connectivity index (χ1) is 2.00. The number of rotatable bonds is 0. The summed E-state index contributed by atoms with van der Waals surface area (Å²) in [5.41, 5.74) is 0. The van der Waals surface area contributed by atoms with Crippen LogP contribution >= 0.6 is 18.2 Å². The molecule has 0 fully saturated rings. The summed E-state index contributed by atoms with van der Waals surface area (Å²) in [6, 6.07) is 0. The van der Waals surface area contributed by atoms with Gasteiger partial charge in [0, 0.05) is 25.8 Å². The fraction of sp³-hybridized carbons (Fsp3) is 0. The molecular weight excluding hydrogens is 139 g/mol. The first kappa shape index (κ1) is 16.6. The van der Waals surface area contributed by atoms with Crippen molar-refractivity contribution in [1.29, 1.82) is 0 Å². The summed E-state index contributed by atoms with van der Waals surface area (Å²) in [6.07, 6.45) is 0. The van der Waals surface area contributed by atoms with E-state index in [9.17, 15) is 0 Å². The molecule has 5 heteroatoms. The molecule has 1 radical (unpaired) electrons. The maximum atomic E-state index is 8.17. The molecule has 0 saturated heterocycles. The largest absolute Gasteiger partial charge is 1.00 e. The fourth-order valence-electron chi connectivity index (χ4n) is 0. The molecule has 0 aromatic heterocycles. The van der Waals surface area contributed by atoms with E-state index in [4.69, 9.17) is 9.13 Å². The van der Waals surface area contributed by atoms with E-state index in [1.54, 1.807) is 0 Å². The van der Waals surface area contributed by atoms with Crippen molar-refractivity contribution < 1.29 is 36.4 Å². The van der Waals surface area contributed by atoms with Gasteiger partial charge in [0.25, 0.3) is 0 Å². The molecule has 2 nitrogen and oxygen atoms in total. The van der Waals surface area contributed by atoms with Gasteiger partial charge in [0.05, 0.1) is 0 Å². The molecule has 0 amide bonds. The SMILES string of the molecule is O=[PH2+].O=[PH2+].[H-].[Sc]. The molecular formula is H5O2P2Sc+. The van der Waals surface area contributed by atoms with Gasteiger partial charge in [0.15, 0.2) is 0 Å². The van der Waals surface area contributed by atoms with Crippen LogP contribution in [0.25, 0.3) is 0 Å². The molecule has 0 bridgehead atoms. The normalized spacial score (nSPS) is 1.60. The van der Waals surface area contributed by atoms with Crippen LogP contribution in [-0.2, 0) is 35.0 Å². The van der Waals surface area contributed by atoms with Gasteiger partial charge in [-0.25, -0.2) is 0 Å². The molecule has 0 aliphatic heterocycles. The molecule has 0 rings (SSSR count). The summed E-state index contributed by atoms with van der Waals surface area (Å²) in [5, 5.41) is 0. The number of hydrogen-bond donors (Lipinski definition) is 0. The second-order valence-electron chi connectivity index (χ2n) is 0. The summed E-state index contributed by atoms with van der Waals surface area (Å²) in [7, 11) is 2.33. The molecule has 0 heterocycles. The maximum absolute atomic E-state index is 8.17. The van der Waals surface area contributed by atoms with Crippen molar-refractivity contribution in [3.63, 3.8) is 0 Å². The Labute approximate surface area is 54.8 Å². The molecule has 0 spiro atoms. The smallest absolute Gasteiger partial charge is 0.310 e. The predicted octanol–water partition coefficient (Wildman–Crippen LogP) is 0.524. The van der Waals surface area contributed by atoms with Crippen molar-refractivity contribution in [3.8, 4) is 0 Å². The van der Waals surface area contributed by atoms with E-state index < -0.39 is 0 Å². The van der Waals surface area contributed by atoms with Crippen molar-refractivity contribution >= 4 is 18.2 Å². The zero-order valence-electron chi connectivity index (χ0n) is 3.55. The van der Waals surface area contributed by atoms with E-state index in [1.165, 1.54) is 18.2 Å². The minimum absolute atomic E-state index is 0. The second-order valence-corrected chi connectivity index (χ2v) is 0. The third kappa shape index (κ3) is 41.7. The van der Waals surface area contributed by atoms with Gasteiger partial charge < -0.3 is 1.43 Å². The van der Waals surface area contributed by atoms with Gasteiger partial charge in [-0.3, -0.25) is 0 Å².